The average molecular weight is 337 g/mol. The number of likely N-dealkylation sites (tertiary alicyclic amines) is 1. The number of piperidine rings is 1. The van der Waals surface area contributed by atoms with E-state index in [0.717, 1.165) is 28.3 Å². The lowest BCUT2D eigenvalue weighted by atomic mass is 9.97. The highest BCUT2D eigenvalue weighted by Crippen LogP contribution is 2.34. The molecule has 1 aliphatic rings. The third-order valence-corrected chi connectivity index (χ3v) is 4.60. The molecule has 0 radical (unpaired) electrons. The van der Waals surface area contributed by atoms with Crippen LogP contribution in [-0.4, -0.2) is 23.7 Å². The van der Waals surface area contributed by atoms with Crippen molar-refractivity contribution in [2.45, 2.75) is 58.8 Å². The Morgan fingerprint density at radius 3 is 2.33 bits per heavy atom. The summed E-state index contributed by atoms with van der Waals surface area (Å²) in [4.78, 5) is 1.60. The average Bonchev–Trinajstić information content (AvgIpc) is 2.59. The van der Waals surface area contributed by atoms with Gasteiger partial charge in [0.25, 0.3) is 0 Å². The molecular weight excluding hydrogens is 311 g/mol. The molecule has 0 amide bonds. The van der Waals surface area contributed by atoms with E-state index in [1.807, 2.05) is 57.2 Å². The number of halogens is 3. The van der Waals surface area contributed by atoms with Gasteiger partial charge in [0.2, 0.25) is 0 Å². The second-order valence-electron chi connectivity index (χ2n) is 6.11. The SMILES string of the molecule is CC.Cc1ccc(CN2CCCCC2C(F)(F)F)c2ccccc12. The third-order valence-electron chi connectivity index (χ3n) is 4.60. The summed E-state index contributed by atoms with van der Waals surface area (Å²) in [6, 6.07) is 10.6. The molecule has 0 spiro atoms. The molecule has 1 heterocycles. The summed E-state index contributed by atoms with van der Waals surface area (Å²) >= 11 is 0. The number of hydrogen-bond donors (Lipinski definition) is 0. The van der Waals surface area contributed by atoms with Crippen LogP contribution in [0.2, 0.25) is 0 Å². The molecule has 0 aromatic heterocycles. The first-order chi connectivity index (χ1) is 11.5. The number of nitrogens with zero attached hydrogens (tertiary/aromatic N) is 1. The fourth-order valence-corrected chi connectivity index (χ4v) is 3.42. The summed E-state index contributed by atoms with van der Waals surface area (Å²) in [5.41, 5.74) is 2.14. The van der Waals surface area contributed by atoms with E-state index in [9.17, 15) is 13.2 Å². The summed E-state index contributed by atoms with van der Waals surface area (Å²) in [5.74, 6) is 0. The van der Waals surface area contributed by atoms with E-state index in [-0.39, 0.29) is 6.42 Å². The highest BCUT2D eigenvalue weighted by Gasteiger charge is 2.44. The molecular formula is C20H26F3N. The maximum Gasteiger partial charge on any atom is 0.404 e. The molecule has 1 saturated heterocycles. The van der Waals surface area contributed by atoms with Crippen LogP contribution in [0.5, 0.6) is 0 Å². The fraction of sp³-hybridized carbons (Fsp3) is 0.500. The van der Waals surface area contributed by atoms with E-state index >= 15 is 0 Å². The van der Waals surface area contributed by atoms with Gasteiger partial charge >= 0.3 is 6.18 Å². The maximum absolute atomic E-state index is 13.2. The van der Waals surface area contributed by atoms with Gasteiger partial charge in [-0.25, -0.2) is 0 Å². The van der Waals surface area contributed by atoms with E-state index < -0.39 is 12.2 Å². The molecule has 2 aromatic carbocycles. The Balaban J connectivity index is 0.00000100. The van der Waals surface area contributed by atoms with Gasteiger partial charge in [-0.15, -0.1) is 0 Å². The van der Waals surface area contributed by atoms with Gasteiger partial charge in [0.1, 0.15) is 6.04 Å². The summed E-state index contributed by atoms with van der Waals surface area (Å²) in [6.45, 7) is 6.92. The van der Waals surface area contributed by atoms with Crippen molar-refractivity contribution < 1.29 is 13.2 Å². The quantitative estimate of drug-likeness (QED) is 0.641. The predicted octanol–water partition coefficient (Wildman–Crippen LogP) is 6.09. The Morgan fingerprint density at radius 2 is 1.67 bits per heavy atom. The van der Waals surface area contributed by atoms with Crippen LogP contribution in [0, 0.1) is 6.92 Å². The highest BCUT2D eigenvalue weighted by atomic mass is 19.4. The monoisotopic (exact) mass is 337 g/mol. The zero-order valence-corrected chi connectivity index (χ0v) is 14.7. The lowest BCUT2D eigenvalue weighted by Gasteiger charge is -2.37. The molecule has 0 aliphatic carbocycles. The molecule has 24 heavy (non-hydrogen) atoms. The lowest BCUT2D eigenvalue weighted by molar-refractivity contribution is -0.192. The van der Waals surface area contributed by atoms with Gasteiger partial charge in [0.05, 0.1) is 0 Å². The highest BCUT2D eigenvalue weighted by molar-refractivity contribution is 5.88. The molecule has 132 valence electrons. The van der Waals surface area contributed by atoms with Crippen LogP contribution >= 0.6 is 0 Å². The number of benzene rings is 2. The van der Waals surface area contributed by atoms with Crippen LogP contribution < -0.4 is 0 Å². The van der Waals surface area contributed by atoms with E-state index in [2.05, 4.69) is 0 Å². The molecule has 1 atom stereocenters. The summed E-state index contributed by atoms with van der Waals surface area (Å²) in [7, 11) is 0. The van der Waals surface area contributed by atoms with Crippen molar-refractivity contribution in [3.63, 3.8) is 0 Å². The molecule has 3 rings (SSSR count). The van der Waals surface area contributed by atoms with Crippen LogP contribution in [0.4, 0.5) is 13.2 Å². The minimum Gasteiger partial charge on any atom is -0.288 e. The van der Waals surface area contributed by atoms with Crippen molar-refractivity contribution in [1.29, 1.82) is 0 Å². The van der Waals surface area contributed by atoms with Gasteiger partial charge in [-0.05, 0) is 48.2 Å². The van der Waals surface area contributed by atoms with Crippen LogP contribution in [0.25, 0.3) is 10.8 Å². The first kappa shape index (κ1) is 18.8. The Labute approximate surface area is 142 Å². The largest absolute Gasteiger partial charge is 0.404 e. The minimum atomic E-state index is -4.14. The normalized spacial score (nSPS) is 19.0. The molecule has 1 fully saturated rings. The lowest BCUT2D eigenvalue weighted by Crippen LogP contribution is -2.48. The maximum atomic E-state index is 13.2. The van der Waals surface area contributed by atoms with E-state index in [1.165, 1.54) is 0 Å². The first-order valence-corrected chi connectivity index (χ1v) is 8.75. The van der Waals surface area contributed by atoms with Gasteiger partial charge in [-0.3, -0.25) is 4.90 Å². The molecule has 2 aromatic rings. The van der Waals surface area contributed by atoms with Crippen molar-refractivity contribution >= 4 is 10.8 Å². The number of fused-ring (bicyclic) bond motifs is 1. The second kappa shape index (κ2) is 8.02. The summed E-state index contributed by atoms with van der Waals surface area (Å²) < 4.78 is 39.7. The van der Waals surface area contributed by atoms with Crippen LogP contribution in [0.3, 0.4) is 0 Å². The summed E-state index contributed by atoms with van der Waals surface area (Å²) in [5, 5.41) is 2.19. The smallest absolute Gasteiger partial charge is 0.288 e. The molecule has 1 aliphatic heterocycles. The Hall–Kier alpha value is -1.55. The predicted molar refractivity (Wildman–Crippen MR) is 94.1 cm³/mol. The van der Waals surface area contributed by atoms with Crippen molar-refractivity contribution in [1.82, 2.24) is 4.90 Å². The fourth-order valence-electron chi connectivity index (χ4n) is 3.42. The van der Waals surface area contributed by atoms with Gasteiger partial charge in [-0.1, -0.05) is 56.7 Å². The molecule has 1 nitrogen and oxygen atoms in total. The number of alkyl halides is 3. The van der Waals surface area contributed by atoms with E-state index in [0.29, 0.717) is 19.5 Å². The summed E-state index contributed by atoms with van der Waals surface area (Å²) in [6.07, 6.45) is -2.42. The van der Waals surface area contributed by atoms with E-state index in [4.69, 9.17) is 0 Å². The van der Waals surface area contributed by atoms with E-state index in [1.54, 1.807) is 4.90 Å². The van der Waals surface area contributed by atoms with Crippen LogP contribution in [0.15, 0.2) is 36.4 Å². The molecule has 1 unspecified atom stereocenters. The zero-order valence-electron chi connectivity index (χ0n) is 14.7. The Kier molecular flexibility index (Phi) is 6.27. The standard InChI is InChI=1S/C18H20F3N.C2H6/c1-13-9-10-14(16-7-3-2-6-15(13)16)12-22-11-5-4-8-17(22)18(19,20)21;1-2/h2-3,6-7,9-10,17H,4-5,8,11-12H2,1H3;1-2H3. The van der Waals surface area contributed by atoms with Crippen molar-refractivity contribution in [2.24, 2.45) is 0 Å². The van der Waals surface area contributed by atoms with Gasteiger partial charge in [0.15, 0.2) is 0 Å². The van der Waals surface area contributed by atoms with Gasteiger partial charge in [0, 0.05) is 6.54 Å². The van der Waals surface area contributed by atoms with Gasteiger partial charge < -0.3 is 0 Å². The van der Waals surface area contributed by atoms with Crippen molar-refractivity contribution in [3.05, 3.63) is 47.5 Å². The number of rotatable bonds is 2. The first-order valence-electron chi connectivity index (χ1n) is 8.75. The second-order valence-corrected chi connectivity index (χ2v) is 6.11. The number of hydrogen-bond acceptors (Lipinski definition) is 1. The molecule has 0 N–H and O–H groups in total. The van der Waals surface area contributed by atoms with Crippen LogP contribution in [0.1, 0.15) is 44.2 Å². The Morgan fingerprint density at radius 1 is 1.00 bits per heavy atom. The molecule has 4 heteroatoms. The topological polar surface area (TPSA) is 3.24 Å². The molecule has 0 bridgehead atoms. The van der Waals surface area contributed by atoms with Crippen molar-refractivity contribution in [2.75, 3.05) is 6.54 Å². The number of aryl methyl sites for hydroxylation is 1. The van der Waals surface area contributed by atoms with Gasteiger partial charge in [-0.2, -0.15) is 13.2 Å². The minimum absolute atomic E-state index is 0.216. The molecule has 0 saturated carbocycles. The van der Waals surface area contributed by atoms with Crippen LogP contribution in [-0.2, 0) is 6.54 Å². The zero-order chi connectivity index (χ0) is 17.7. The third kappa shape index (κ3) is 4.10. The Bertz CT molecular complexity index is 663. The van der Waals surface area contributed by atoms with Crippen molar-refractivity contribution in [3.8, 4) is 0 Å².